The maximum atomic E-state index is 11.5. The van der Waals surface area contributed by atoms with Gasteiger partial charge in [0.05, 0.1) is 7.11 Å². The van der Waals surface area contributed by atoms with Gasteiger partial charge in [0.25, 0.3) is 0 Å². The zero-order chi connectivity index (χ0) is 12.6. The second-order valence-electron chi connectivity index (χ2n) is 5.12. The second kappa shape index (κ2) is 8.37. The van der Waals surface area contributed by atoms with Gasteiger partial charge in [0.1, 0.15) is 0 Å². The third-order valence-corrected chi connectivity index (χ3v) is 2.57. The highest BCUT2D eigenvalue weighted by molar-refractivity contribution is 5.88. The van der Waals surface area contributed by atoms with Crippen molar-refractivity contribution in [3.8, 4) is 0 Å². The van der Waals surface area contributed by atoms with Crippen molar-refractivity contribution < 1.29 is 9.53 Å². The van der Waals surface area contributed by atoms with E-state index >= 15 is 0 Å². The SMILES string of the molecule is COC(=O)C(=CCCC(C)C)CCC(C)C. The number of rotatable bonds is 7. The summed E-state index contributed by atoms with van der Waals surface area (Å²) in [6.45, 7) is 8.73. The van der Waals surface area contributed by atoms with E-state index in [1.54, 1.807) is 0 Å². The molecule has 0 saturated carbocycles. The second-order valence-corrected chi connectivity index (χ2v) is 5.12. The summed E-state index contributed by atoms with van der Waals surface area (Å²) in [6.07, 6.45) is 6.03. The van der Waals surface area contributed by atoms with Crippen LogP contribution in [0, 0.1) is 11.8 Å². The van der Waals surface area contributed by atoms with Gasteiger partial charge in [-0.1, -0.05) is 33.8 Å². The molecular weight excluding hydrogens is 200 g/mol. The van der Waals surface area contributed by atoms with Crippen LogP contribution in [0.15, 0.2) is 11.6 Å². The lowest BCUT2D eigenvalue weighted by molar-refractivity contribution is -0.136. The van der Waals surface area contributed by atoms with Crippen LogP contribution in [0.25, 0.3) is 0 Å². The normalized spacial score (nSPS) is 12.3. The molecule has 0 fully saturated rings. The molecule has 0 atom stereocenters. The Morgan fingerprint density at radius 1 is 1.12 bits per heavy atom. The summed E-state index contributed by atoms with van der Waals surface area (Å²) in [7, 11) is 1.45. The lowest BCUT2D eigenvalue weighted by Gasteiger charge is -2.08. The highest BCUT2D eigenvalue weighted by Gasteiger charge is 2.09. The quantitative estimate of drug-likeness (QED) is 0.485. The summed E-state index contributed by atoms with van der Waals surface area (Å²) in [6, 6.07) is 0. The minimum Gasteiger partial charge on any atom is -0.466 e. The van der Waals surface area contributed by atoms with E-state index in [4.69, 9.17) is 4.74 Å². The van der Waals surface area contributed by atoms with Gasteiger partial charge in [-0.25, -0.2) is 4.79 Å². The number of esters is 1. The van der Waals surface area contributed by atoms with Crippen LogP contribution in [0.2, 0.25) is 0 Å². The third-order valence-electron chi connectivity index (χ3n) is 2.57. The Bertz CT molecular complexity index is 227. The molecule has 0 aromatic carbocycles. The molecule has 0 aromatic rings. The fourth-order valence-electron chi connectivity index (χ4n) is 1.45. The van der Waals surface area contributed by atoms with Crippen molar-refractivity contribution in [2.75, 3.05) is 7.11 Å². The molecule has 0 N–H and O–H groups in total. The Hall–Kier alpha value is -0.790. The van der Waals surface area contributed by atoms with E-state index in [0.29, 0.717) is 11.8 Å². The van der Waals surface area contributed by atoms with E-state index in [1.165, 1.54) is 7.11 Å². The zero-order valence-electron chi connectivity index (χ0n) is 11.4. The van der Waals surface area contributed by atoms with Crippen LogP contribution in [-0.2, 0) is 9.53 Å². The Morgan fingerprint density at radius 2 is 1.69 bits per heavy atom. The van der Waals surface area contributed by atoms with E-state index in [0.717, 1.165) is 31.3 Å². The number of ether oxygens (including phenoxy) is 1. The lowest BCUT2D eigenvalue weighted by atomic mass is 10.0. The number of hydrogen-bond acceptors (Lipinski definition) is 2. The minimum absolute atomic E-state index is 0.163. The molecule has 0 saturated heterocycles. The minimum atomic E-state index is -0.163. The number of hydrogen-bond donors (Lipinski definition) is 0. The summed E-state index contributed by atoms with van der Waals surface area (Å²) in [4.78, 5) is 11.5. The Balaban J connectivity index is 4.24. The monoisotopic (exact) mass is 226 g/mol. The van der Waals surface area contributed by atoms with Gasteiger partial charge in [0.15, 0.2) is 0 Å². The van der Waals surface area contributed by atoms with Gasteiger partial charge in [-0.3, -0.25) is 0 Å². The first-order valence-electron chi connectivity index (χ1n) is 6.24. The molecule has 0 spiro atoms. The summed E-state index contributed by atoms with van der Waals surface area (Å²) >= 11 is 0. The van der Waals surface area contributed by atoms with Crippen molar-refractivity contribution in [1.29, 1.82) is 0 Å². The summed E-state index contributed by atoms with van der Waals surface area (Å²) in [5.74, 6) is 1.14. The highest BCUT2D eigenvalue weighted by atomic mass is 16.5. The van der Waals surface area contributed by atoms with Crippen LogP contribution in [0.1, 0.15) is 53.4 Å². The van der Waals surface area contributed by atoms with E-state index in [1.807, 2.05) is 6.08 Å². The van der Waals surface area contributed by atoms with Gasteiger partial charge in [0, 0.05) is 5.57 Å². The molecule has 0 amide bonds. The first-order valence-corrected chi connectivity index (χ1v) is 6.24. The van der Waals surface area contributed by atoms with Crippen LogP contribution in [-0.4, -0.2) is 13.1 Å². The van der Waals surface area contributed by atoms with Gasteiger partial charge in [-0.2, -0.15) is 0 Å². The molecule has 16 heavy (non-hydrogen) atoms. The van der Waals surface area contributed by atoms with Crippen LogP contribution >= 0.6 is 0 Å². The Kier molecular flexibility index (Phi) is 7.96. The van der Waals surface area contributed by atoms with Crippen molar-refractivity contribution in [1.82, 2.24) is 0 Å². The molecule has 0 aliphatic carbocycles. The third kappa shape index (κ3) is 7.49. The van der Waals surface area contributed by atoms with Crippen molar-refractivity contribution in [3.05, 3.63) is 11.6 Å². The fraction of sp³-hybridized carbons (Fsp3) is 0.786. The van der Waals surface area contributed by atoms with Gasteiger partial charge in [-0.15, -0.1) is 0 Å². The van der Waals surface area contributed by atoms with E-state index < -0.39 is 0 Å². The molecule has 0 radical (unpaired) electrons. The molecule has 94 valence electrons. The molecular formula is C14H26O2. The summed E-state index contributed by atoms with van der Waals surface area (Å²) in [5.41, 5.74) is 0.844. The molecule has 0 aliphatic heterocycles. The van der Waals surface area contributed by atoms with Crippen molar-refractivity contribution in [3.63, 3.8) is 0 Å². The molecule has 0 bridgehead atoms. The fourth-order valence-corrected chi connectivity index (χ4v) is 1.45. The summed E-state index contributed by atoms with van der Waals surface area (Å²) < 4.78 is 4.79. The van der Waals surface area contributed by atoms with Gasteiger partial charge >= 0.3 is 5.97 Å². The molecule has 0 heterocycles. The van der Waals surface area contributed by atoms with Crippen molar-refractivity contribution in [2.45, 2.75) is 53.4 Å². The largest absolute Gasteiger partial charge is 0.466 e. The van der Waals surface area contributed by atoms with Crippen LogP contribution in [0.3, 0.4) is 0 Å². The average Bonchev–Trinajstić information content (AvgIpc) is 2.21. The number of allylic oxidation sites excluding steroid dienone is 1. The van der Waals surface area contributed by atoms with Gasteiger partial charge < -0.3 is 4.74 Å². The molecule has 0 aliphatic rings. The predicted octanol–water partition coefficient (Wildman–Crippen LogP) is 3.96. The summed E-state index contributed by atoms with van der Waals surface area (Å²) in [5, 5.41) is 0. The van der Waals surface area contributed by atoms with Crippen molar-refractivity contribution in [2.24, 2.45) is 11.8 Å². The standard InChI is InChI=1S/C14H26O2/c1-11(2)7-6-8-13(14(15)16-5)10-9-12(3)4/h8,11-12H,6-7,9-10H2,1-5H3. The maximum absolute atomic E-state index is 11.5. The number of methoxy groups -OCH3 is 1. The maximum Gasteiger partial charge on any atom is 0.333 e. The molecule has 2 heteroatoms. The lowest BCUT2D eigenvalue weighted by Crippen LogP contribution is -2.06. The van der Waals surface area contributed by atoms with Gasteiger partial charge in [0.2, 0.25) is 0 Å². The Morgan fingerprint density at radius 3 is 2.12 bits per heavy atom. The Labute approximate surface area is 100 Å². The van der Waals surface area contributed by atoms with E-state index in [-0.39, 0.29) is 5.97 Å². The van der Waals surface area contributed by atoms with Crippen LogP contribution < -0.4 is 0 Å². The molecule has 0 unspecified atom stereocenters. The van der Waals surface area contributed by atoms with Crippen LogP contribution in [0.5, 0.6) is 0 Å². The molecule has 2 nitrogen and oxygen atoms in total. The average molecular weight is 226 g/mol. The van der Waals surface area contributed by atoms with Crippen LogP contribution in [0.4, 0.5) is 0 Å². The smallest absolute Gasteiger partial charge is 0.333 e. The van der Waals surface area contributed by atoms with E-state index in [9.17, 15) is 4.79 Å². The molecule has 0 rings (SSSR count). The first-order chi connectivity index (χ1) is 7.47. The topological polar surface area (TPSA) is 26.3 Å². The number of carbonyl (C=O) groups excluding carboxylic acids is 1. The van der Waals surface area contributed by atoms with Gasteiger partial charge in [-0.05, 0) is 37.5 Å². The zero-order valence-corrected chi connectivity index (χ0v) is 11.4. The first kappa shape index (κ1) is 15.2. The highest BCUT2D eigenvalue weighted by Crippen LogP contribution is 2.15. The predicted molar refractivity (Wildman–Crippen MR) is 68.2 cm³/mol. The molecule has 0 aromatic heterocycles. The van der Waals surface area contributed by atoms with Crippen molar-refractivity contribution >= 4 is 5.97 Å². The van der Waals surface area contributed by atoms with E-state index in [2.05, 4.69) is 27.7 Å². The number of carbonyl (C=O) groups is 1.